The van der Waals surface area contributed by atoms with Crippen molar-refractivity contribution in [1.82, 2.24) is 4.31 Å². The molecule has 0 aliphatic carbocycles. The molecule has 7 heteroatoms. The van der Waals surface area contributed by atoms with E-state index in [2.05, 4.69) is 15.9 Å². The van der Waals surface area contributed by atoms with Crippen molar-refractivity contribution in [3.8, 4) is 0 Å². The van der Waals surface area contributed by atoms with Crippen LogP contribution in [0.1, 0.15) is 0 Å². The Hall–Kier alpha value is -0.630. The number of morpholine rings is 1. The first-order valence-corrected chi connectivity index (χ1v) is 7.38. The van der Waals surface area contributed by atoms with Gasteiger partial charge in [-0.05, 0) is 34.1 Å². The van der Waals surface area contributed by atoms with Gasteiger partial charge in [-0.2, -0.15) is 4.31 Å². The summed E-state index contributed by atoms with van der Waals surface area (Å²) in [7, 11) is -3.45. The third-order valence-corrected chi connectivity index (χ3v) is 5.19. The Labute approximate surface area is 109 Å². The summed E-state index contributed by atoms with van der Waals surface area (Å²) in [5.41, 5.74) is 6.11. The van der Waals surface area contributed by atoms with Crippen LogP contribution in [0.5, 0.6) is 0 Å². The van der Waals surface area contributed by atoms with Crippen LogP contribution in [0.25, 0.3) is 0 Å². The normalized spacial score (nSPS) is 18.2. The van der Waals surface area contributed by atoms with Crippen molar-refractivity contribution in [3.63, 3.8) is 0 Å². The van der Waals surface area contributed by atoms with E-state index in [0.717, 1.165) is 0 Å². The van der Waals surface area contributed by atoms with Crippen LogP contribution in [-0.2, 0) is 14.8 Å². The molecule has 5 nitrogen and oxygen atoms in total. The summed E-state index contributed by atoms with van der Waals surface area (Å²) in [4.78, 5) is 0.222. The lowest BCUT2D eigenvalue weighted by atomic mass is 10.3. The molecule has 1 aromatic rings. The number of nitrogens with zero attached hydrogens (tertiary/aromatic N) is 1. The molecule has 0 aromatic heterocycles. The minimum atomic E-state index is -3.45. The molecular formula is C10H13BrN2O3S. The molecule has 1 heterocycles. The topological polar surface area (TPSA) is 72.6 Å². The van der Waals surface area contributed by atoms with Gasteiger partial charge in [-0.1, -0.05) is 0 Å². The summed E-state index contributed by atoms with van der Waals surface area (Å²) in [5.74, 6) is 0. The Morgan fingerprint density at radius 3 is 2.53 bits per heavy atom. The van der Waals surface area contributed by atoms with Gasteiger partial charge in [0.1, 0.15) is 0 Å². The molecule has 0 radical (unpaired) electrons. The van der Waals surface area contributed by atoms with E-state index >= 15 is 0 Å². The van der Waals surface area contributed by atoms with E-state index in [1.54, 1.807) is 12.1 Å². The maximum absolute atomic E-state index is 12.3. The Morgan fingerprint density at radius 2 is 1.94 bits per heavy atom. The van der Waals surface area contributed by atoms with E-state index in [-0.39, 0.29) is 4.90 Å². The first-order valence-electron chi connectivity index (χ1n) is 5.15. The average Bonchev–Trinajstić information content (AvgIpc) is 2.33. The second-order valence-corrected chi connectivity index (χ2v) is 6.49. The minimum Gasteiger partial charge on any atom is -0.398 e. The Bertz CT molecular complexity index is 512. The summed E-state index contributed by atoms with van der Waals surface area (Å²) < 4.78 is 31.7. The van der Waals surface area contributed by atoms with Gasteiger partial charge in [0.2, 0.25) is 10.0 Å². The number of anilines is 1. The van der Waals surface area contributed by atoms with E-state index in [0.29, 0.717) is 36.5 Å². The van der Waals surface area contributed by atoms with E-state index in [1.807, 2.05) is 0 Å². The molecule has 2 rings (SSSR count). The van der Waals surface area contributed by atoms with E-state index in [9.17, 15) is 8.42 Å². The highest BCUT2D eigenvalue weighted by Gasteiger charge is 2.26. The number of hydrogen-bond acceptors (Lipinski definition) is 4. The van der Waals surface area contributed by atoms with E-state index in [1.165, 1.54) is 10.4 Å². The molecule has 1 aromatic carbocycles. The molecule has 94 valence electrons. The van der Waals surface area contributed by atoms with Crippen molar-refractivity contribution in [2.75, 3.05) is 32.0 Å². The van der Waals surface area contributed by atoms with Crippen LogP contribution in [0.4, 0.5) is 5.69 Å². The molecule has 17 heavy (non-hydrogen) atoms. The van der Waals surface area contributed by atoms with Crippen molar-refractivity contribution < 1.29 is 13.2 Å². The number of rotatable bonds is 2. The fraction of sp³-hybridized carbons (Fsp3) is 0.400. The van der Waals surface area contributed by atoms with Gasteiger partial charge in [0, 0.05) is 23.2 Å². The largest absolute Gasteiger partial charge is 0.398 e. The van der Waals surface area contributed by atoms with Crippen molar-refractivity contribution in [2.45, 2.75) is 4.90 Å². The molecule has 0 atom stereocenters. The first-order chi connectivity index (χ1) is 8.01. The molecule has 0 unspecified atom stereocenters. The van der Waals surface area contributed by atoms with Gasteiger partial charge < -0.3 is 10.5 Å². The quantitative estimate of drug-likeness (QED) is 0.827. The van der Waals surface area contributed by atoms with Gasteiger partial charge in [-0.15, -0.1) is 0 Å². The standard InChI is InChI=1S/C10H13BrN2O3S/c11-9-2-1-8(7-10(9)12)17(14,15)13-3-5-16-6-4-13/h1-2,7H,3-6,12H2. The third kappa shape index (κ3) is 2.62. The fourth-order valence-electron chi connectivity index (χ4n) is 1.62. The second-order valence-electron chi connectivity index (χ2n) is 3.70. The molecule has 1 aliphatic rings. The summed E-state index contributed by atoms with van der Waals surface area (Å²) in [5, 5.41) is 0. The van der Waals surface area contributed by atoms with Crippen molar-refractivity contribution in [1.29, 1.82) is 0 Å². The lowest BCUT2D eigenvalue weighted by Crippen LogP contribution is -2.40. The lowest BCUT2D eigenvalue weighted by Gasteiger charge is -2.26. The highest BCUT2D eigenvalue weighted by molar-refractivity contribution is 9.10. The molecule has 2 N–H and O–H groups in total. The zero-order chi connectivity index (χ0) is 12.5. The minimum absolute atomic E-state index is 0.222. The zero-order valence-electron chi connectivity index (χ0n) is 9.10. The molecule has 1 saturated heterocycles. The summed E-state index contributed by atoms with van der Waals surface area (Å²) in [6.07, 6.45) is 0. The number of halogens is 1. The van der Waals surface area contributed by atoms with Gasteiger partial charge >= 0.3 is 0 Å². The van der Waals surface area contributed by atoms with Crippen LogP contribution in [0.3, 0.4) is 0 Å². The van der Waals surface area contributed by atoms with Crippen LogP contribution in [-0.4, -0.2) is 39.0 Å². The Morgan fingerprint density at radius 1 is 1.29 bits per heavy atom. The van der Waals surface area contributed by atoms with Gasteiger partial charge in [-0.3, -0.25) is 0 Å². The summed E-state index contributed by atoms with van der Waals surface area (Å²) in [6, 6.07) is 4.66. The fourth-order valence-corrected chi connectivity index (χ4v) is 3.31. The maximum Gasteiger partial charge on any atom is 0.243 e. The van der Waals surface area contributed by atoms with Crippen LogP contribution < -0.4 is 5.73 Å². The van der Waals surface area contributed by atoms with Gasteiger partial charge in [-0.25, -0.2) is 8.42 Å². The SMILES string of the molecule is Nc1cc(S(=O)(=O)N2CCOCC2)ccc1Br. The van der Waals surface area contributed by atoms with Crippen molar-refractivity contribution in [3.05, 3.63) is 22.7 Å². The molecule has 0 saturated carbocycles. The molecule has 0 spiro atoms. The number of ether oxygens (including phenoxy) is 1. The summed E-state index contributed by atoms with van der Waals surface area (Å²) in [6.45, 7) is 1.65. The maximum atomic E-state index is 12.3. The smallest absolute Gasteiger partial charge is 0.243 e. The third-order valence-electron chi connectivity index (χ3n) is 2.58. The highest BCUT2D eigenvalue weighted by atomic mass is 79.9. The van der Waals surface area contributed by atoms with Crippen LogP contribution in [0, 0.1) is 0 Å². The number of nitrogens with two attached hydrogens (primary N) is 1. The Balaban J connectivity index is 2.33. The monoisotopic (exact) mass is 320 g/mol. The molecular weight excluding hydrogens is 308 g/mol. The van der Waals surface area contributed by atoms with Gasteiger partial charge in [0.15, 0.2) is 0 Å². The number of benzene rings is 1. The second kappa shape index (κ2) is 4.93. The van der Waals surface area contributed by atoms with E-state index in [4.69, 9.17) is 10.5 Å². The van der Waals surface area contributed by atoms with Crippen LogP contribution >= 0.6 is 15.9 Å². The average molecular weight is 321 g/mol. The predicted octanol–water partition coefficient (Wildman–Crippen LogP) is 1.05. The van der Waals surface area contributed by atoms with Gasteiger partial charge in [0.05, 0.1) is 18.1 Å². The van der Waals surface area contributed by atoms with E-state index < -0.39 is 10.0 Å². The first kappa shape index (κ1) is 12.8. The lowest BCUT2D eigenvalue weighted by molar-refractivity contribution is 0.0730. The van der Waals surface area contributed by atoms with Crippen molar-refractivity contribution in [2.24, 2.45) is 0 Å². The van der Waals surface area contributed by atoms with Gasteiger partial charge in [0.25, 0.3) is 0 Å². The molecule has 0 bridgehead atoms. The number of hydrogen-bond donors (Lipinski definition) is 1. The van der Waals surface area contributed by atoms with Crippen LogP contribution in [0.15, 0.2) is 27.6 Å². The molecule has 0 amide bonds. The molecule has 1 aliphatic heterocycles. The number of nitrogen functional groups attached to an aromatic ring is 1. The molecule has 1 fully saturated rings. The van der Waals surface area contributed by atoms with Crippen molar-refractivity contribution >= 4 is 31.6 Å². The Kier molecular flexibility index (Phi) is 3.72. The summed E-state index contributed by atoms with van der Waals surface area (Å²) >= 11 is 3.24. The van der Waals surface area contributed by atoms with Crippen LogP contribution in [0.2, 0.25) is 0 Å². The zero-order valence-corrected chi connectivity index (χ0v) is 11.5. The highest BCUT2D eigenvalue weighted by Crippen LogP contribution is 2.25. The number of sulfonamides is 1. The predicted molar refractivity (Wildman–Crippen MR) is 68.1 cm³/mol.